The summed E-state index contributed by atoms with van der Waals surface area (Å²) in [5.41, 5.74) is 24.0. The summed E-state index contributed by atoms with van der Waals surface area (Å²) in [4.78, 5) is 20.5. The van der Waals surface area contributed by atoms with E-state index in [1.165, 1.54) is 0 Å². The summed E-state index contributed by atoms with van der Waals surface area (Å²) in [6.45, 7) is 8.39. The fraction of sp³-hybridized carbons (Fsp3) is 0.333. The molecule has 2 heterocycles. The van der Waals surface area contributed by atoms with Crippen LogP contribution in [0.3, 0.4) is 0 Å². The van der Waals surface area contributed by atoms with E-state index in [1.54, 1.807) is 0 Å². The van der Waals surface area contributed by atoms with E-state index in [9.17, 15) is 0 Å². The van der Waals surface area contributed by atoms with Gasteiger partial charge in [0.05, 0.1) is 0 Å². The van der Waals surface area contributed by atoms with Crippen LogP contribution in [0.4, 0.5) is 11.4 Å². The number of hydrogen-bond donors (Lipinski definition) is 4. The number of aliphatic imine (C=N–C) groups is 4. The van der Waals surface area contributed by atoms with Crippen LogP contribution in [-0.2, 0) is 0 Å². The number of nitrogens with zero attached hydrogens (tertiary/aromatic N) is 6. The van der Waals surface area contributed by atoms with Crippen LogP contribution < -0.4 is 42.2 Å². The second kappa shape index (κ2) is 11.7. The molecule has 0 bridgehead atoms. The van der Waals surface area contributed by atoms with Gasteiger partial charge in [-0.15, -0.1) is 24.8 Å². The molecule has 0 fully saturated rings. The average Bonchev–Trinajstić information content (AvgIpc) is 2.76. The van der Waals surface area contributed by atoms with E-state index >= 15 is 0 Å². The number of ether oxygens (including phenoxy) is 2. The molecule has 0 unspecified atom stereocenters. The number of halogens is 2. The Morgan fingerprint density at radius 2 is 0.921 bits per heavy atom. The Balaban J connectivity index is 0.00000253. The van der Waals surface area contributed by atoms with Crippen LogP contribution in [0.15, 0.2) is 68.5 Å². The predicted octanol–water partition coefficient (Wildman–Crippen LogP) is 2.36. The lowest BCUT2D eigenvalue weighted by molar-refractivity contribution is 0.217. The number of anilines is 2. The molecule has 0 aliphatic carbocycles. The Morgan fingerprint density at radius 3 is 1.21 bits per heavy atom. The van der Waals surface area contributed by atoms with Crippen LogP contribution in [0.1, 0.15) is 27.7 Å². The van der Waals surface area contributed by atoms with E-state index in [-0.39, 0.29) is 48.7 Å². The molecule has 0 atom stereocenters. The topological polar surface area (TPSA) is 178 Å². The van der Waals surface area contributed by atoms with E-state index in [1.807, 2.05) is 86.0 Å². The van der Waals surface area contributed by atoms with Crippen molar-refractivity contribution in [3.8, 4) is 11.5 Å². The summed E-state index contributed by atoms with van der Waals surface area (Å²) in [5, 5.41) is 0. The molecular formula is C24H34Cl2N10O2. The van der Waals surface area contributed by atoms with Gasteiger partial charge in [0, 0.05) is 11.4 Å². The van der Waals surface area contributed by atoms with Gasteiger partial charge in [0.1, 0.15) is 36.0 Å². The van der Waals surface area contributed by atoms with E-state index in [0.29, 0.717) is 24.7 Å². The van der Waals surface area contributed by atoms with Crippen molar-refractivity contribution in [1.29, 1.82) is 0 Å². The van der Waals surface area contributed by atoms with Gasteiger partial charge in [0.25, 0.3) is 0 Å². The summed E-state index contributed by atoms with van der Waals surface area (Å²) in [6.07, 6.45) is 0. The van der Waals surface area contributed by atoms with Gasteiger partial charge in [0.2, 0.25) is 23.8 Å². The van der Waals surface area contributed by atoms with Crippen LogP contribution in [0.2, 0.25) is 0 Å². The highest BCUT2D eigenvalue weighted by Crippen LogP contribution is 2.30. The van der Waals surface area contributed by atoms with E-state index < -0.39 is 11.3 Å². The van der Waals surface area contributed by atoms with Crippen LogP contribution in [0.25, 0.3) is 0 Å². The van der Waals surface area contributed by atoms with Crippen molar-refractivity contribution in [3.05, 3.63) is 48.5 Å². The summed E-state index contributed by atoms with van der Waals surface area (Å²) in [7, 11) is 0. The van der Waals surface area contributed by atoms with Gasteiger partial charge >= 0.3 is 0 Å². The third kappa shape index (κ3) is 6.50. The fourth-order valence-electron chi connectivity index (χ4n) is 4.20. The quantitative estimate of drug-likeness (QED) is 0.370. The lowest BCUT2D eigenvalue weighted by Crippen LogP contribution is -2.54. The number of nitrogens with two attached hydrogens (primary N) is 4. The maximum atomic E-state index is 6.09. The lowest BCUT2D eigenvalue weighted by atomic mass is 10.1. The number of rotatable bonds is 7. The Morgan fingerprint density at radius 1 is 0.605 bits per heavy atom. The summed E-state index contributed by atoms with van der Waals surface area (Å²) < 4.78 is 11.6. The molecule has 2 aromatic carbocycles. The molecule has 0 spiro atoms. The van der Waals surface area contributed by atoms with Crippen molar-refractivity contribution < 1.29 is 9.47 Å². The Bertz CT molecular complexity index is 1140. The first kappa shape index (κ1) is 30.3. The third-order valence-electron chi connectivity index (χ3n) is 5.60. The zero-order valence-corrected chi connectivity index (χ0v) is 23.3. The van der Waals surface area contributed by atoms with Gasteiger partial charge in [-0.25, -0.2) is 9.98 Å². The molecular weight excluding hydrogens is 531 g/mol. The zero-order chi connectivity index (χ0) is 26.1. The molecule has 14 heteroatoms. The lowest BCUT2D eigenvalue weighted by Gasteiger charge is -2.38. The normalized spacial score (nSPS) is 17.6. The highest BCUT2D eigenvalue weighted by atomic mass is 35.5. The number of guanidine groups is 4. The van der Waals surface area contributed by atoms with E-state index in [4.69, 9.17) is 32.4 Å². The van der Waals surface area contributed by atoms with Gasteiger partial charge in [-0.1, -0.05) is 0 Å². The molecule has 2 aliphatic rings. The van der Waals surface area contributed by atoms with Crippen molar-refractivity contribution in [2.45, 2.75) is 39.0 Å². The predicted molar refractivity (Wildman–Crippen MR) is 158 cm³/mol. The van der Waals surface area contributed by atoms with Crippen molar-refractivity contribution in [3.63, 3.8) is 0 Å². The molecule has 0 amide bonds. The van der Waals surface area contributed by atoms with Crippen molar-refractivity contribution >= 4 is 60.0 Å². The maximum absolute atomic E-state index is 6.09. The first-order valence-corrected chi connectivity index (χ1v) is 11.4. The van der Waals surface area contributed by atoms with Gasteiger partial charge in [-0.2, -0.15) is 9.98 Å². The van der Waals surface area contributed by atoms with Gasteiger partial charge in [-0.3, -0.25) is 9.80 Å². The molecule has 0 saturated heterocycles. The van der Waals surface area contributed by atoms with E-state index in [2.05, 4.69) is 20.0 Å². The first-order chi connectivity index (χ1) is 17.0. The summed E-state index contributed by atoms with van der Waals surface area (Å²) in [6, 6.07) is 15.0. The fourth-order valence-corrected chi connectivity index (χ4v) is 4.20. The Hall–Kier alpha value is -3.90. The molecule has 2 aliphatic heterocycles. The molecule has 0 radical (unpaired) electrons. The minimum atomic E-state index is -0.648. The smallest absolute Gasteiger partial charge is 0.220 e. The monoisotopic (exact) mass is 564 g/mol. The molecule has 0 saturated carbocycles. The van der Waals surface area contributed by atoms with E-state index in [0.717, 1.165) is 11.4 Å². The van der Waals surface area contributed by atoms with Crippen molar-refractivity contribution in [2.24, 2.45) is 42.9 Å². The minimum absolute atomic E-state index is 0. The summed E-state index contributed by atoms with van der Waals surface area (Å²) in [5.74, 6) is 2.31. The largest absolute Gasteiger partial charge is 0.490 e. The highest BCUT2D eigenvalue weighted by molar-refractivity contribution is 6.06. The molecule has 2 aromatic rings. The maximum Gasteiger partial charge on any atom is 0.220 e. The minimum Gasteiger partial charge on any atom is -0.490 e. The van der Waals surface area contributed by atoms with Crippen molar-refractivity contribution in [2.75, 3.05) is 23.0 Å². The second-order valence-corrected chi connectivity index (χ2v) is 9.22. The Kier molecular flexibility index (Phi) is 9.30. The van der Waals surface area contributed by atoms with Crippen LogP contribution >= 0.6 is 24.8 Å². The first-order valence-electron chi connectivity index (χ1n) is 11.4. The molecule has 0 aromatic heterocycles. The standard InChI is InChI=1S/C24H32N10O2.2ClH/c1-23(2)31-19(25)29-21(27)33(23)15-5-9-17(10-6-15)35-13-14-36-18-11-7-16(8-12-18)34-22(28)30-20(26)32-24(34,3)4;;/h5-12H,13-14H2,1-4H3,(H4,25,27,29,31)(H4,26,28,30,32);2*1H. The molecule has 206 valence electrons. The SMILES string of the molecule is CC1(C)N=C(N)N=C(N)N1c1ccc(OCCOc2ccc(N3C(N)=NC(N)=NC3(C)C)cc2)cc1.Cl.Cl. The van der Waals surface area contributed by atoms with Crippen molar-refractivity contribution in [1.82, 2.24) is 0 Å². The number of benzene rings is 2. The molecule has 12 nitrogen and oxygen atoms in total. The van der Waals surface area contributed by atoms with Crippen LogP contribution in [0.5, 0.6) is 11.5 Å². The third-order valence-corrected chi connectivity index (χ3v) is 5.60. The van der Waals surface area contributed by atoms with Crippen LogP contribution in [-0.4, -0.2) is 48.4 Å². The van der Waals surface area contributed by atoms with Gasteiger partial charge < -0.3 is 32.4 Å². The molecule has 4 rings (SSSR count). The molecule has 8 N–H and O–H groups in total. The summed E-state index contributed by atoms with van der Waals surface area (Å²) >= 11 is 0. The van der Waals surface area contributed by atoms with Gasteiger partial charge in [-0.05, 0) is 76.2 Å². The highest BCUT2D eigenvalue weighted by Gasteiger charge is 2.34. The average molecular weight is 566 g/mol. The van der Waals surface area contributed by atoms with Gasteiger partial charge in [0.15, 0.2) is 0 Å². The Labute approximate surface area is 234 Å². The van der Waals surface area contributed by atoms with Crippen LogP contribution in [0, 0.1) is 0 Å². The zero-order valence-electron chi connectivity index (χ0n) is 21.7. The second-order valence-electron chi connectivity index (χ2n) is 9.22. The number of hydrogen-bond acceptors (Lipinski definition) is 12. The molecule has 38 heavy (non-hydrogen) atoms.